The average molecular weight is 253 g/mol. The molecule has 0 radical (unpaired) electrons. The van der Waals surface area contributed by atoms with E-state index in [0.29, 0.717) is 21.5 Å². The van der Waals surface area contributed by atoms with Crippen molar-refractivity contribution in [1.82, 2.24) is 0 Å². The first kappa shape index (κ1) is 13.2. The number of hydrogen-bond donors (Lipinski definition) is 1. The van der Waals surface area contributed by atoms with Gasteiger partial charge in [-0.1, -0.05) is 29.1 Å². The van der Waals surface area contributed by atoms with Crippen LogP contribution in [-0.2, 0) is 0 Å². The van der Waals surface area contributed by atoms with Crippen molar-refractivity contribution in [2.75, 3.05) is 12.3 Å². The van der Waals surface area contributed by atoms with Gasteiger partial charge in [0, 0.05) is 6.07 Å². The Bertz CT molecular complexity index is 360. The molecule has 0 aromatic heterocycles. The van der Waals surface area contributed by atoms with Gasteiger partial charge in [-0.3, -0.25) is 0 Å². The smallest absolute Gasteiger partial charge is 0.148 e. The minimum atomic E-state index is 0. The van der Waals surface area contributed by atoms with Crippen LogP contribution >= 0.6 is 35.6 Å². The molecule has 0 heterocycles. The molecule has 1 rings (SSSR count). The third-order valence-corrected chi connectivity index (χ3v) is 1.98. The van der Waals surface area contributed by atoms with Gasteiger partial charge in [0.05, 0.1) is 15.7 Å². The number of hydrogen-bond acceptors (Lipinski definition) is 2. The molecule has 0 aliphatic rings. The van der Waals surface area contributed by atoms with E-state index >= 15 is 0 Å². The fourth-order valence-electron chi connectivity index (χ4n) is 0.775. The lowest BCUT2D eigenvalue weighted by Gasteiger charge is -2.06. The summed E-state index contributed by atoms with van der Waals surface area (Å²) in [6, 6.07) is 3.06. The second kappa shape index (κ2) is 5.87. The van der Waals surface area contributed by atoms with Gasteiger partial charge < -0.3 is 10.5 Å². The maximum Gasteiger partial charge on any atom is 0.148 e. The number of nitrogens with two attached hydrogens (primary N) is 1. The first-order valence-corrected chi connectivity index (χ1v) is 4.21. The van der Waals surface area contributed by atoms with Crippen molar-refractivity contribution < 1.29 is 4.74 Å². The lowest BCUT2D eigenvalue weighted by Crippen LogP contribution is -1.96. The third kappa shape index (κ3) is 3.19. The lowest BCUT2D eigenvalue weighted by molar-refractivity contribution is 0.371. The molecule has 0 amide bonds. The zero-order valence-electron chi connectivity index (χ0n) is 7.09. The molecule has 1 aromatic rings. The first-order chi connectivity index (χ1) is 6.15. The summed E-state index contributed by atoms with van der Waals surface area (Å²) in [7, 11) is 0. The Hall–Kier alpha value is -0.750. The van der Waals surface area contributed by atoms with Crippen molar-refractivity contribution in [3.63, 3.8) is 0 Å². The molecular weight excluding hydrogens is 244 g/mol. The zero-order chi connectivity index (χ0) is 9.84. The molecule has 76 valence electrons. The molecular formula is C9H8Cl3NO. The summed E-state index contributed by atoms with van der Waals surface area (Å²) >= 11 is 11.5. The van der Waals surface area contributed by atoms with Crippen molar-refractivity contribution >= 4 is 41.3 Å². The van der Waals surface area contributed by atoms with Crippen LogP contribution in [0.4, 0.5) is 5.69 Å². The normalized spacial score (nSPS) is 8.64. The van der Waals surface area contributed by atoms with E-state index < -0.39 is 0 Å². The summed E-state index contributed by atoms with van der Waals surface area (Å²) in [5.41, 5.74) is 5.95. The van der Waals surface area contributed by atoms with Crippen molar-refractivity contribution in [2.24, 2.45) is 0 Å². The Labute approximate surface area is 98.7 Å². The van der Waals surface area contributed by atoms with Crippen LogP contribution in [0, 0.1) is 12.3 Å². The van der Waals surface area contributed by atoms with E-state index in [1.807, 2.05) is 0 Å². The summed E-state index contributed by atoms with van der Waals surface area (Å²) in [5, 5.41) is 0.799. The number of rotatable bonds is 2. The number of anilines is 1. The van der Waals surface area contributed by atoms with Gasteiger partial charge in [0.15, 0.2) is 0 Å². The average Bonchev–Trinajstić information content (AvgIpc) is 2.09. The van der Waals surface area contributed by atoms with Crippen molar-refractivity contribution in [3.8, 4) is 18.1 Å². The van der Waals surface area contributed by atoms with Gasteiger partial charge in [0.2, 0.25) is 0 Å². The molecule has 2 N–H and O–H groups in total. The molecule has 0 bridgehead atoms. The second-order valence-corrected chi connectivity index (χ2v) is 3.11. The molecule has 5 heteroatoms. The SMILES string of the molecule is C#CCOc1cc(N)c(Cl)cc1Cl.Cl. The minimum Gasteiger partial charge on any atom is -0.479 e. The monoisotopic (exact) mass is 251 g/mol. The molecule has 0 atom stereocenters. The number of halogens is 3. The van der Waals surface area contributed by atoms with E-state index in [-0.39, 0.29) is 19.0 Å². The molecule has 0 spiro atoms. The topological polar surface area (TPSA) is 35.2 Å². The van der Waals surface area contributed by atoms with E-state index in [2.05, 4.69) is 5.92 Å². The lowest BCUT2D eigenvalue weighted by atomic mass is 10.3. The van der Waals surface area contributed by atoms with E-state index in [4.69, 9.17) is 40.1 Å². The third-order valence-electron chi connectivity index (χ3n) is 1.36. The molecule has 14 heavy (non-hydrogen) atoms. The van der Waals surface area contributed by atoms with Crippen LogP contribution in [0.5, 0.6) is 5.75 Å². The van der Waals surface area contributed by atoms with Gasteiger partial charge in [-0.05, 0) is 6.07 Å². The second-order valence-electron chi connectivity index (χ2n) is 2.30. The predicted molar refractivity (Wildman–Crippen MR) is 62.5 cm³/mol. The van der Waals surface area contributed by atoms with Gasteiger partial charge in [0.1, 0.15) is 12.4 Å². The maximum absolute atomic E-state index is 5.80. The molecule has 0 aliphatic carbocycles. The van der Waals surface area contributed by atoms with Crippen molar-refractivity contribution in [3.05, 3.63) is 22.2 Å². The van der Waals surface area contributed by atoms with Crippen LogP contribution in [0.15, 0.2) is 12.1 Å². The highest BCUT2D eigenvalue weighted by molar-refractivity contribution is 6.37. The molecule has 1 aromatic carbocycles. The van der Waals surface area contributed by atoms with E-state index in [1.54, 1.807) is 6.07 Å². The summed E-state index contributed by atoms with van der Waals surface area (Å²) in [4.78, 5) is 0. The highest BCUT2D eigenvalue weighted by Crippen LogP contribution is 2.32. The van der Waals surface area contributed by atoms with Crippen molar-refractivity contribution in [1.29, 1.82) is 0 Å². The largest absolute Gasteiger partial charge is 0.479 e. The summed E-state index contributed by atoms with van der Waals surface area (Å²) in [6.45, 7) is 0.154. The molecule has 0 saturated carbocycles. The Morgan fingerprint density at radius 3 is 2.57 bits per heavy atom. The van der Waals surface area contributed by atoms with Crippen LogP contribution < -0.4 is 10.5 Å². The summed E-state index contributed by atoms with van der Waals surface area (Å²) < 4.78 is 5.12. The van der Waals surface area contributed by atoms with Crippen LogP contribution in [-0.4, -0.2) is 6.61 Å². The molecule has 0 unspecified atom stereocenters. The number of benzene rings is 1. The fraction of sp³-hybridized carbons (Fsp3) is 0.111. The predicted octanol–water partition coefficient (Wildman–Crippen LogP) is 3.01. The zero-order valence-corrected chi connectivity index (χ0v) is 9.42. The van der Waals surface area contributed by atoms with Crippen LogP contribution in [0.2, 0.25) is 10.0 Å². The van der Waals surface area contributed by atoms with Gasteiger partial charge in [0.25, 0.3) is 0 Å². The van der Waals surface area contributed by atoms with E-state index in [1.165, 1.54) is 6.07 Å². The molecule has 0 saturated heterocycles. The minimum absolute atomic E-state index is 0. The first-order valence-electron chi connectivity index (χ1n) is 3.46. The number of ether oxygens (including phenoxy) is 1. The standard InChI is InChI=1S/C9H7Cl2NO.ClH/c1-2-3-13-9-5-8(12)6(10)4-7(9)11;/h1,4-5H,3,12H2;1H. The van der Waals surface area contributed by atoms with Crippen LogP contribution in [0.25, 0.3) is 0 Å². The van der Waals surface area contributed by atoms with E-state index in [9.17, 15) is 0 Å². The van der Waals surface area contributed by atoms with Crippen LogP contribution in [0.1, 0.15) is 0 Å². The summed E-state index contributed by atoms with van der Waals surface area (Å²) in [5.74, 6) is 2.77. The van der Waals surface area contributed by atoms with Gasteiger partial charge in [-0.2, -0.15) is 0 Å². The fourth-order valence-corrected chi connectivity index (χ4v) is 1.21. The Morgan fingerprint density at radius 2 is 2.00 bits per heavy atom. The van der Waals surface area contributed by atoms with Crippen molar-refractivity contribution in [2.45, 2.75) is 0 Å². The Morgan fingerprint density at radius 1 is 1.36 bits per heavy atom. The molecule has 0 fully saturated rings. The highest BCUT2D eigenvalue weighted by Gasteiger charge is 2.05. The van der Waals surface area contributed by atoms with Crippen LogP contribution in [0.3, 0.4) is 0 Å². The number of nitrogen functional groups attached to an aromatic ring is 1. The number of terminal acetylenes is 1. The Kier molecular flexibility index (Phi) is 5.56. The quantitative estimate of drug-likeness (QED) is 0.649. The summed E-state index contributed by atoms with van der Waals surface area (Å²) in [6.07, 6.45) is 5.02. The van der Waals surface area contributed by atoms with Gasteiger partial charge >= 0.3 is 0 Å². The van der Waals surface area contributed by atoms with Gasteiger partial charge in [-0.25, -0.2) is 0 Å². The molecule has 0 aliphatic heterocycles. The highest BCUT2D eigenvalue weighted by atomic mass is 35.5. The maximum atomic E-state index is 5.80. The Balaban J connectivity index is 0.00000169. The van der Waals surface area contributed by atoms with Gasteiger partial charge in [-0.15, -0.1) is 18.8 Å². The van der Waals surface area contributed by atoms with E-state index in [0.717, 1.165) is 0 Å². The molecule has 2 nitrogen and oxygen atoms in total.